The summed E-state index contributed by atoms with van der Waals surface area (Å²) in [7, 11) is 0. The van der Waals surface area contributed by atoms with Crippen molar-refractivity contribution >= 4 is 17.4 Å². The monoisotopic (exact) mass is 300 g/mol. The molecule has 2 aromatic rings. The minimum Gasteiger partial charge on any atom is -0.493 e. The number of carbonyl (C=O) groups is 1. The van der Waals surface area contributed by atoms with Crippen LogP contribution in [0.3, 0.4) is 0 Å². The molecule has 0 spiro atoms. The van der Waals surface area contributed by atoms with Crippen molar-refractivity contribution in [3.05, 3.63) is 64.2 Å². The molecule has 1 heterocycles. The number of benzene rings is 2. The molecule has 0 amide bonds. The van der Waals surface area contributed by atoms with E-state index in [1.807, 2.05) is 42.5 Å². The summed E-state index contributed by atoms with van der Waals surface area (Å²) in [5.74, 6) is 1.09. The third-order valence-corrected chi connectivity index (χ3v) is 3.97. The Balaban J connectivity index is 1.65. The van der Waals surface area contributed by atoms with Crippen LogP contribution < -0.4 is 4.74 Å². The summed E-state index contributed by atoms with van der Waals surface area (Å²) < 4.78 is 5.64. The SMILES string of the molecule is O=C(CCc1ccccc1)Cc1cc(Cl)cc2c1OCC2. The van der Waals surface area contributed by atoms with E-state index in [0.717, 1.165) is 29.7 Å². The summed E-state index contributed by atoms with van der Waals surface area (Å²) in [6.07, 6.45) is 2.60. The Labute approximate surface area is 129 Å². The molecule has 108 valence electrons. The third-order valence-electron chi connectivity index (χ3n) is 3.75. The van der Waals surface area contributed by atoms with Crippen molar-refractivity contribution in [3.8, 4) is 5.75 Å². The van der Waals surface area contributed by atoms with Crippen LogP contribution in [0, 0.1) is 0 Å². The normalized spacial score (nSPS) is 12.8. The van der Waals surface area contributed by atoms with Gasteiger partial charge in [-0.1, -0.05) is 41.9 Å². The molecular formula is C18H17ClO2. The number of ether oxygens (including phenoxy) is 1. The first-order valence-corrected chi connectivity index (χ1v) is 7.60. The van der Waals surface area contributed by atoms with Crippen molar-refractivity contribution in [1.29, 1.82) is 0 Å². The molecule has 21 heavy (non-hydrogen) atoms. The van der Waals surface area contributed by atoms with Gasteiger partial charge in [0, 0.05) is 29.8 Å². The van der Waals surface area contributed by atoms with Crippen LogP contribution in [-0.2, 0) is 24.1 Å². The highest BCUT2D eigenvalue weighted by atomic mass is 35.5. The molecule has 1 aliphatic heterocycles. The Kier molecular flexibility index (Phi) is 4.26. The number of hydrogen-bond acceptors (Lipinski definition) is 2. The highest BCUT2D eigenvalue weighted by Crippen LogP contribution is 2.33. The summed E-state index contributed by atoms with van der Waals surface area (Å²) in [5, 5.41) is 0.685. The molecule has 0 N–H and O–H groups in total. The van der Waals surface area contributed by atoms with Crippen molar-refractivity contribution in [2.45, 2.75) is 25.7 Å². The van der Waals surface area contributed by atoms with E-state index in [0.29, 0.717) is 24.5 Å². The van der Waals surface area contributed by atoms with Gasteiger partial charge in [-0.15, -0.1) is 0 Å². The van der Waals surface area contributed by atoms with Crippen LogP contribution in [0.2, 0.25) is 5.02 Å². The minimum atomic E-state index is 0.221. The second kappa shape index (κ2) is 6.31. The molecule has 1 aliphatic rings. The molecule has 0 radical (unpaired) electrons. The second-order valence-corrected chi connectivity index (χ2v) is 5.79. The van der Waals surface area contributed by atoms with Gasteiger partial charge in [-0.3, -0.25) is 4.79 Å². The van der Waals surface area contributed by atoms with Crippen LogP contribution >= 0.6 is 11.6 Å². The van der Waals surface area contributed by atoms with Crippen LogP contribution in [0.25, 0.3) is 0 Å². The molecule has 2 nitrogen and oxygen atoms in total. The van der Waals surface area contributed by atoms with Gasteiger partial charge in [-0.05, 0) is 29.7 Å². The number of carbonyl (C=O) groups excluding carboxylic acids is 1. The van der Waals surface area contributed by atoms with Gasteiger partial charge in [0.2, 0.25) is 0 Å². The Hall–Kier alpha value is -1.80. The minimum absolute atomic E-state index is 0.221. The lowest BCUT2D eigenvalue weighted by Crippen LogP contribution is -2.05. The molecule has 0 bridgehead atoms. The molecule has 0 saturated heterocycles. The topological polar surface area (TPSA) is 26.3 Å². The first kappa shape index (κ1) is 14.2. The average molecular weight is 301 g/mol. The smallest absolute Gasteiger partial charge is 0.137 e. The number of aryl methyl sites for hydroxylation is 1. The molecule has 0 atom stereocenters. The van der Waals surface area contributed by atoms with E-state index in [-0.39, 0.29) is 5.78 Å². The van der Waals surface area contributed by atoms with E-state index < -0.39 is 0 Å². The van der Waals surface area contributed by atoms with Crippen LogP contribution in [0.5, 0.6) is 5.75 Å². The fraction of sp³-hybridized carbons (Fsp3) is 0.278. The van der Waals surface area contributed by atoms with Gasteiger partial charge < -0.3 is 4.74 Å². The van der Waals surface area contributed by atoms with Crippen LogP contribution in [-0.4, -0.2) is 12.4 Å². The van der Waals surface area contributed by atoms with Crippen molar-refractivity contribution in [2.75, 3.05) is 6.61 Å². The highest BCUT2D eigenvalue weighted by Gasteiger charge is 2.19. The molecular weight excluding hydrogens is 284 g/mol. The summed E-state index contributed by atoms with van der Waals surface area (Å²) >= 11 is 6.12. The van der Waals surface area contributed by atoms with Gasteiger partial charge in [0.15, 0.2) is 0 Å². The molecule has 3 heteroatoms. The quantitative estimate of drug-likeness (QED) is 0.833. The van der Waals surface area contributed by atoms with Crippen molar-refractivity contribution in [3.63, 3.8) is 0 Å². The first-order chi connectivity index (χ1) is 10.2. The number of ketones is 1. The molecule has 2 aromatic carbocycles. The van der Waals surface area contributed by atoms with E-state index in [1.165, 1.54) is 5.56 Å². The number of halogens is 1. The van der Waals surface area contributed by atoms with E-state index in [4.69, 9.17) is 16.3 Å². The summed E-state index contributed by atoms with van der Waals surface area (Å²) in [6.45, 7) is 0.681. The van der Waals surface area contributed by atoms with Crippen LogP contribution in [0.15, 0.2) is 42.5 Å². The van der Waals surface area contributed by atoms with E-state index in [1.54, 1.807) is 0 Å². The molecule has 0 unspecified atom stereocenters. The van der Waals surface area contributed by atoms with Crippen LogP contribution in [0.1, 0.15) is 23.1 Å². The molecule has 0 aromatic heterocycles. The maximum absolute atomic E-state index is 12.2. The predicted octanol–water partition coefficient (Wildman–Crippen LogP) is 4.02. The Morgan fingerprint density at radius 3 is 2.81 bits per heavy atom. The average Bonchev–Trinajstić information content (AvgIpc) is 2.94. The molecule has 0 aliphatic carbocycles. The lowest BCUT2D eigenvalue weighted by Gasteiger charge is -2.08. The lowest BCUT2D eigenvalue weighted by atomic mass is 10.00. The van der Waals surface area contributed by atoms with Gasteiger partial charge in [0.05, 0.1) is 6.61 Å². The maximum Gasteiger partial charge on any atom is 0.137 e. The van der Waals surface area contributed by atoms with Crippen LogP contribution in [0.4, 0.5) is 0 Å². The predicted molar refractivity (Wildman–Crippen MR) is 84.1 cm³/mol. The summed E-state index contributed by atoms with van der Waals surface area (Å²) in [6, 6.07) is 13.9. The van der Waals surface area contributed by atoms with Crippen molar-refractivity contribution < 1.29 is 9.53 Å². The largest absolute Gasteiger partial charge is 0.493 e. The molecule has 0 saturated carbocycles. The molecule has 0 fully saturated rings. The van der Waals surface area contributed by atoms with Crippen molar-refractivity contribution in [1.82, 2.24) is 0 Å². The molecule has 3 rings (SSSR count). The van der Waals surface area contributed by atoms with Gasteiger partial charge in [0.25, 0.3) is 0 Å². The Bertz CT molecular complexity index is 650. The summed E-state index contributed by atoms with van der Waals surface area (Å²) in [4.78, 5) is 12.2. The van der Waals surface area contributed by atoms with Gasteiger partial charge in [-0.25, -0.2) is 0 Å². The number of rotatable bonds is 5. The van der Waals surface area contributed by atoms with Gasteiger partial charge in [-0.2, -0.15) is 0 Å². The Morgan fingerprint density at radius 1 is 1.19 bits per heavy atom. The lowest BCUT2D eigenvalue weighted by molar-refractivity contribution is -0.118. The zero-order chi connectivity index (χ0) is 14.7. The highest BCUT2D eigenvalue weighted by molar-refractivity contribution is 6.30. The van der Waals surface area contributed by atoms with E-state index in [9.17, 15) is 4.79 Å². The third kappa shape index (κ3) is 3.45. The van der Waals surface area contributed by atoms with Gasteiger partial charge in [0.1, 0.15) is 11.5 Å². The number of fused-ring (bicyclic) bond motifs is 1. The zero-order valence-electron chi connectivity index (χ0n) is 11.8. The van der Waals surface area contributed by atoms with Crippen molar-refractivity contribution in [2.24, 2.45) is 0 Å². The first-order valence-electron chi connectivity index (χ1n) is 7.22. The fourth-order valence-corrected chi connectivity index (χ4v) is 2.97. The second-order valence-electron chi connectivity index (χ2n) is 5.35. The summed E-state index contributed by atoms with van der Waals surface area (Å²) in [5.41, 5.74) is 3.24. The number of Topliss-reactive ketones (excluding diaryl/α,β-unsaturated/α-hetero) is 1. The Morgan fingerprint density at radius 2 is 2.00 bits per heavy atom. The number of hydrogen-bond donors (Lipinski definition) is 0. The maximum atomic E-state index is 12.2. The fourth-order valence-electron chi connectivity index (χ4n) is 2.71. The van der Waals surface area contributed by atoms with Gasteiger partial charge >= 0.3 is 0 Å². The van der Waals surface area contributed by atoms with E-state index >= 15 is 0 Å². The zero-order valence-corrected chi connectivity index (χ0v) is 12.5. The van der Waals surface area contributed by atoms with E-state index in [2.05, 4.69) is 0 Å². The standard InChI is InChI=1S/C18H17ClO2/c19-16-10-14-8-9-21-18(14)15(11-16)12-17(20)7-6-13-4-2-1-3-5-13/h1-5,10-11H,6-9,12H2.